The Bertz CT molecular complexity index is 980. The fraction of sp³-hybridized carbons (Fsp3) is 0.381. The maximum atomic E-state index is 13.0. The smallest absolute Gasteiger partial charge is 0.261 e. The Morgan fingerprint density at radius 1 is 1.14 bits per heavy atom. The molecule has 1 aliphatic rings. The van der Waals surface area contributed by atoms with Crippen LogP contribution in [0, 0.1) is 0 Å². The van der Waals surface area contributed by atoms with Crippen molar-refractivity contribution < 1.29 is 9.90 Å². The predicted molar refractivity (Wildman–Crippen MR) is 114 cm³/mol. The number of carbonyl (C=O) groups excluding carboxylic acids is 1. The van der Waals surface area contributed by atoms with E-state index >= 15 is 0 Å². The molecule has 1 fully saturated rings. The normalized spacial score (nSPS) is 14.2. The summed E-state index contributed by atoms with van der Waals surface area (Å²) in [5.41, 5.74) is 3.70. The molecule has 8 heteroatoms. The van der Waals surface area contributed by atoms with Crippen LogP contribution >= 0.6 is 0 Å². The molecule has 152 valence electrons. The first-order chi connectivity index (χ1) is 14.3. The van der Waals surface area contributed by atoms with Crippen LogP contribution in [0.25, 0.3) is 5.65 Å². The van der Waals surface area contributed by atoms with Gasteiger partial charge in [0.05, 0.1) is 23.3 Å². The first-order valence-electron chi connectivity index (χ1n) is 10.1. The Kier molecular flexibility index (Phi) is 5.90. The van der Waals surface area contributed by atoms with E-state index in [-0.39, 0.29) is 12.5 Å². The van der Waals surface area contributed by atoms with Crippen LogP contribution in [0.2, 0.25) is 0 Å². The zero-order valence-electron chi connectivity index (χ0n) is 16.3. The molecular formula is C21H26N6O2. The number of anilines is 3. The van der Waals surface area contributed by atoms with E-state index in [1.807, 2.05) is 18.2 Å². The molecule has 1 aliphatic heterocycles. The van der Waals surface area contributed by atoms with Crippen molar-refractivity contribution in [2.24, 2.45) is 0 Å². The van der Waals surface area contributed by atoms with Crippen molar-refractivity contribution in [3.05, 3.63) is 48.4 Å². The van der Waals surface area contributed by atoms with E-state index in [2.05, 4.69) is 25.6 Å². The van der Waals surface area contributed by atoms with Gasteiger partial charge in [0, 0.05) is 38.6 Å². The van der Waals surface area contributed by atoms with E-state index < -0.39 is 0 Å². The second-order valence-corrected chi connectivity index (χ2v) is 7.15. The zero-order valence-corrected chi connectivity index (χ0v) is 16.3. The highest BCUT2D eigenvalue weighted by molar-refractivity contribution is 6.10. The van der Waals surface area contributed by atoms with Gasteiger partial charge in [-0.3, -0.25) is 4.79 Å². The van der Waals surface area contributed by atoms with Gasteiger partial charge in [-0.1, -0.05) is 6.07 Å². The summed E-state index contributed by atoms with van der Waals surface area (Å²) in [5.74, 6) is -0.232. The molecule has 1 aromatic carbocycles. The molecule has 2 aromatic heterocycles. The molecule has 0 spiro atoms. The minimum Gasteiger partial charge on any atom is -0.396 e. The maximum Gasteiger partial charge on any atom is 0.261 e. The highest BCUT2D eigenvalue weighted by Gasteiger charge is 2.21. The molecule has 3 aromatic rings. The Labute approximate surface area is 169 Å². The Balaban J connectivity index is 1.64. The number of hydrogen-bond donors (Lipinski definition) is 3. The van der Waals surface area contributed by atoms with Gasteiger partial charge in [-0.25, -0.2) is 9.50 Å². The van der Waals surface area contributed by atoms with Gasteiger partial charge in [-0.05, 0) is 43.9 Å². The minimum absolute atomic E-state index is 0.143. The van der Waals surface area contributed by atoms with Gasteiger partial charge >= 0.3 is 0 Å². The third kappa shape index (κ3) is 4.17. The van der Waals surface area contributed by atoms with Gasteiger partial charge in [-0.2, -0.15) is 5.10 Å². The van der Waals surface area contributed by atoms with Gasteiger partial charge in [0.1, 0.15) is 5.56 Å². The molecule has 0 aliphatic carbocycles. The highest BCUT2D eigenvalue weighted by atomic mass is 16.3. The lowest BCUT2D eigenvalue weighted by atomic mass is 10.1. The third-order valence-electron chi connectivity index (χ3n) is 5.13. The molecule has 3 heterocycles. The van der Waals surface area contributed by atoms with Crippen LogP contribution in [0.4, 0.5) is 17.1 Å². The molecule has 0 bridgehead atoms. The van der Waals surface area contributed by atoms with Crippen LogP contribution in [-0.2, 0) is 0 Å². The number of piperidine rings is 1. The first-order valence-corrected chi connectivity index (χ1v) is 10.1. The molecule has 0 radical (unpaired) electrons. The van der Waals surface area contributed by atoms with Crippen LogP contribution in [0.15, 0.2) is 42.9 Å². The number of rotatable bonds is 7. The molecule has 0 atom stereocenters. The Morgan fingerprint density at radius 3 is 2.79 bits per heavy atom. The van der Waals surface area contributed by atoms with Crippen molar-refractivity contribution in [3.8, 4) is 0 Å². The standard InChI is InChI=1S/C21H26N6O2/c28-14-6-10-22-17-7-4-8-18(19(17)26-11-2-1-3-12-26)25-21(29)16-15-24-27-13-5-9-23-20(16)27/h4-5,7-9,13,15,22,28H,1-3,6,10-12,14H2,(H,25,29). The van der Waals surface area contributed by atoms with E-state index in [9.17, 15) is 4.79 Å². The van der Waals surface area contributed by atoms with Gasteiger partial charge in [0.2, 0.25) is 0 Å². The summed E-state index contributed by atoms with van der Waals surface area (Å²) in [6.07, 6.45) is 9.13. The number of hydrogen-bond acceptors (Lipinski definition) is 6. The lowest BCUT2D eigenvalue weighted by molar-refractivity contribution is 0.102. The number of carbonyl (C=O) groups is 1. The third-order valence-corrected chi connectivity index (χ3v) is 5.13. The van der Waals surface area contributed by atoms with E-state index in [4.69, 9.17) is 5.11 Å². The molecule has 4 rings (SSSR count). The average Bonchev–Trinajstić information content (AvgIpc) is 3.19. The van der Waals surface area contributed by atoms with Gasteiger partial charge in [0.15, 0.2) is 5.65 Å². The van der Waals surface area contributed by atoms with Gasteiger partial charge in [0.25, 0.3) is 5.91 Å². The summed E-state index contributed by atoms with van der Waals surface area (Å²) in [4.78, 5) is 19.6. The first kappa shape index (κ1) is 19.2. The van der Waals surface area contributed by atoms with Crippen molar-refractivity contribution in [1.82, 2.24) is 14.6 Å². The monoisotopic (exact) mass is 394 g/mol. The second-order valence-electron chi connectivity index (χ2n) is 7.15. The van der Waals surface area contributed by atoms with E-state index in [0.29, 0.717) is 24.2 Å². The minimum atomic E-state index is -0.232. The summed E-state index contributed by atoms with van der Waals surface area (Å²) in [6.45, 7) is 2.73. The van der Waals surface area contributed by atoms with Crippen LogP contribution in [0.1, 0.15) is 36.0 Å². The van der Waals surface area contributed by atoms with Crippen molar-refractivity contribution in [3.63, 3.8) is 0 Å². The number of fused-ring (bicyclic) bond motifs is 1. The number of aromatic nitrogens is 3. The molecule has 1 amide bonds. The van der Waals surface area contributed by atoms with Crippen molar-refractivity contribution in [2.45, 2.75) is 25.7 Å². The van der Waals surface area contributed by atoms with Crippen molar-refractivity contribution in [1.29, 1.82) is 0 Å². The fourth-order valence-corrected chi connectivity index (χ4v) is 3.72. The van der Waals surface area contributed by atoms with Crippen molar-refractivity contribution in [2.75, 3.05) is 41.8 Å². The van der Waals surface area contributed by atoms with Crippen LogP contribution < -0.4 is 15.5 Å². The van der Waals surface area contributed by atoms with Crippen LogP contribution in [-0.4, -0.2) is 51.9 Å². The number of amides is 1. The summed E-state index contributed by atoms with van der Waals surface area (Å²) in [7, 11) is 0. The van der Waals surface area contributed by atoms with E-state index in [0.717, 1.165) is 43.0 Å². The topological polar surface area (TPSA) is 94.8 Å². The molecule has 29 heavy (non-hydrogen) atoms. The van der Waals surface area contributed by atoms with E-state index in [1.54, 1.807) is 29.2 Å². The number of para-hydroxylation sites is 1. The number of nitrogens with one attached hydrogen (secondary N) is 2. The second kappa shape index (κ2) is 8.91. The van der Waals surface area contributed by atoms with Gasteiger partial charge < -0.3 is 20.6 Å². The van der Waals surface area contributed by atoms with Crippen LogP contribution in [0.3, 0.4) is 0 Å². The molecular weight excluding hydrogens is 368 g/mol. The van der Waals surface area contributed by atoms with E-state index in [1.165, 1.54) is 6.42 Å². The summed E-state index contributed by atoms with van der Waals surface area (Å²) in [5, 5.41) is 19.8. The quantitative estimate of drug-likeness (QED) is 0.534. The fourth-order valence-electron chi connectivity index (χ4n) is 3.72. The summed E-state index contributed by atoms with van der Waals surface area (Å²) >= 11 is 0. The lowest BCUT2D eigenvalue weighted by Crippen LogP contribution is -2.31. The number of benzene rings is 1. The average molecular weight is 394 g/mol. The SMILES string of the molecule is O=C(Nc1cccc(NCCCO)c1N1CCCCC1)c1cnn2cccnc12. The zero-order chi connectivity index (χ0) is 20.1. The number of aliphatic hydroxyl groups is 1. The highest BCUT2D eigenvalue weighted by Crippen LogP contribution is 2.36. The molecule has 8 nitrogen and oxygen atoms in total. The molecule has 3 N–H and O–H groups in total. The number of aliphatic hydroxyl groups excluding tert-OH is 1. The Morgan fingerprint density at radius 2 is 1.97 bits per heavy atom. The molecule has 0 saturated carbocycles. The molecule has 1 saturated heterocycles. The largest absolute Gasteiger partial charge is 0.396 e. The lowest BCUT2D eigenvalue weighted by Gasteiger charge is -2.32. The number of nitrogens with zero attached hydrogens (tertiary/aromatic N) is 4. The molecule has 0 unspecified atom stereocenters. The predicted octanol–water partition coefficient (Wildman–Crippen LogP) is 2.77. The summed E-state index contributed by atoms with van der Waals surface area (Å²) < 4.78 is 1.59. The Hall–Kier alpha value is -3.13. The maximum absolute atomic E-state index is 13.0. The van der Waals surface area contributed by atoms with Crippen LogP contribution in [0.5, 0.6) is 0 Å². The van der Waals surface area contributed by atoms with Crippen molar-refractivity contribution >= 4 is 28.6 Å². The summed E-state index contributed by atoms with van der Waals surface area (Å²) in [6, 6.07) is 7.66. The van der Waals surface area contributed by atoms with Gasteiger partial charge in [-0.15, -0.1) is 0 Å².